The minimum atomic E-state index is -1.47. The van der Waals surface area contributed by atoms with Crippen LogP contribution in [0.1, 0.15) is 45.4 Å². The molecule has 42 heavy (non-hydrogen) atoms. The lowest BCUT2D eigenvalue weighted by atomic mass is 10.1. The van der Waals surface area contributed by atoms with E-state index in [1.165, 1.54) is 30.3 Å². The van der Waals surface area contributed by atoms with Crippen molar-refractivity contribution in [1.82, 2.24) is 0 Å². The average Bonchev–Trinajstić information content (AvgIpc) is 3.83. The van der Waals surface area contributed by atoms with Gasteiger partial charge in [-0.1, -0.05) is 46.4 Å². The Morgan fingerprint density at radius 2 is 1.55 bits per heavy atom. The molecular weight excluding hydrogens is 677 g/mol. The third kappa shape index (κ3) is 6.44. The highest BCUT2D eigenvalue weighted by atomic mass is 35.5. The highest BCUT2D eigenvalue weighted by Crippen LogP contribution is 2.65. The molecule has 3 N–H and O–H groups in total. The fourth-order valence-corrected chi connectivity index (χ4v) is 6.19. The van der Waals surface area contributed by atoms with Crippen molar-refractivity contribution in [3.8, 4) is 0 Å². The van der Waals surface area contributed by atoms with Gasteiger partial charge in [-0.2, -0.15) is 0 Å². The SMILES string of the molecule is O=C(CC1CC1)Nc1c(F)ccc(NC(=O)c2cc(NC(=O)[C@H]3[C@H](c4cc(Cl)c(Cl)c(Cl)c4)C3(Cl)Cl)ccc2Cl)c1F.[HH].[HH].[HH]. The number of rotatable bonds is 8. The predicted octanol–water partition coefficient (Wildman–Crippen LogP) is 9.83. The van der Waals surface area contributed by atoms with Crippen molar-refractivity contribution >= 4 is 104 Å². The molecule has 0 aliphatic heterocycles. The molecule has 2 aliphatic rings. The van der Waals surface area contributed by atoms with E-state index in [4.69, 9.17) is 69.6 Å². The van der Waals surface area contributed by atoms with Crippen molar-refractivity contribution in [1.29, 1.82) is 0 Å². The van der Waals surface area contributed by atoms with Gasteiger partial charge in [0, 0.05) is 22.3 Å². The first-order valence-corrected chi connectivity index (χ1v) is 14.8. The highest BCUT2D eigenvalue weighted by Gasteiger charge is 2.67. The van der Waals surface area contributed by atoms with Crippen molar-refractivity contribution in [2.24, 2.45) is 11.8 Å². The molecule has 5 rings (SSSR count). The molecule has 0 aromatic heterocycles. The summed E-state index contributed by atoms with van der Waals surface area (Å²) in [4.78, 5) is 38.3. The van der Waals surface area contributed by atoms with Gasteiger partial charge in [-0.05, 0) is 66.8 Å². The first-order chi connectivity index (χ1) is 19.8. The van der Waals surface area contributed by atoms with E-state index >= 15 is 4.39 Å². The Hall–Kier alpha value is -2.33. The van der Waals surface area contributed by atoms with Crippen LogP contribution in [0, 0.1) is 23.5 Å². The Morgan fingerprint density at radius 3 is 2.19 bits per heavy atom. The van der Waals surface area contributed by atoms with Gasteiger partial charge in [-0.25, -0.2) is 8.78 Å². The summed E-state index contributed by atoms with van der Waals surface area (Å²) in [5.74, 6) is -5.42. The Labute approximate surface area is 273 Å². The fourth-order valence-electron chi connectivity index (χ4n) is 4.55. The molecular formula is C28H25Cl6F2N3O3. The van der Waals surface area contributed by atoms with E-state index in [0.717, 1.165) is 25.0 Å². The Morgan fingerprint density at radius 1 is 0.881 bits per heavy atom. The molecule has 226 valence electrons. The van der Waals surface area contributed by atoms with Crippen molar-refractivity contribution in [3.05, 3.63) is 85.3 Å². The third-order valence-corrected chi connectivity index (χ3v) is 9.42. The van der Waals surface area contributed by atoms with Crippen LogP contribution in [0.25, 0.3) is 0 Å². The molecule has 2 atom stereocenters. The van der Waals surface area contributed by atoms with E-state index in [1.807, 2.05) is 0 Å². The van der Waals surface area contributed by atoms with Crippen LogP contribution in [-0.2, 0) is 9.59 Å². The molecule has 0 bridgehead atoms. The maximum atomic E-state index is 15.1. The van der Waals surface area contributed by atoms with Crippen LogP contribution in [0.15, 0.2) is 42.5 Å². The van der Waals surface area contributed by atoms with Crippen LogP contribution in [0.5, 0.6) is 0 Å². The van der Waals surface area contributed by atoms with Crippen LogP contribution in [0.4, 0.5) is 25.8 Å². The summed E-state index contributed by atoms with van der Waals surface area (Å²) >= 11 is 37.3. The van der Waals surface area contributed by atoms with Crippen LogP contribution < -0.4 is 16.0 Å². The van der Waals surface area contributed by atoms with Crippen molar-refractivity contribution in [2.45, 2.75) is 29.5 Å². The molecule has 3 amide bonds. The number of carbonyl (C=O) groups is 3. The monoisotopic (exact) mass is 699 g/mol. The molecule has 0 saturated heterocycles. The maximum absolute atomic E-state index is 15.1. The number of nitrogens with one attached hydrogen (secondary N) is 3. The van der Waals surface area contributed by atoms with Crippen molar-refractivity contribution in [2.75, 3.05) is 16.0 Å². The maximum Gasteiger partial charge on any atom is 0.257 e. The first kappa shape index (κ1) is 31.1. The number of alkyl halides is 2. The molecule has 2 fully saturated rings. The number of carbonyl (C=O) groups excluding carboxylic acids is 3. The van der Waals surface area contributed by atoms with E-state index in [2.05, 4.69) is 16.0 Å². The number of hydrogen-bond acceptors (Lipinski definition) is 3. The summed E-state index contributed by atoms with van der Waals surface area (Å²) in [6, 6.07) is 9.05. The molecule has 0 heterocycles. The van der Waals surface area contributed by atoms with Crippen LogP contribution in [0.3, 0.4) is 0 Å². The normalized spacial score (nSPS) is 18.8. The average molecular weight is 702 g/mol. The first-order valence-electron chi connectivity index (χ1n) is 12.5. The Bertz CT molecular complexity index is 1630. The van der Waals surface area contributed by atoms with E-state index in [-0.39, 0.29) is 53.6 Å². The largest absolute Gasteiger partial charge is 0.326 e. The Kier molecular flexibility index (Phi) is 8.87. The van der Waals surface area contributed by atoms with Crippen LogP contribution >= 0.6 is 69.6 Å². The fraction of sp³-hybridized carbons (Fsp3) is 0.250. The number of anilines is 3. The van der Waals surface area contributed by atoms with Gasteiger partial charge in [0.15, 0.2) is 5.82 Å². The molecule has 6 nitrogen and oxygen atoms in total. The van der Waals surface area contributed by atoms with E-state index in [0.29, 0.717) is 5.56 Å². The van der Waals surface area contributed by atoms with Gasteiger partial charge < -0.3 is 16.0 Å². The zero-order valence-electron chi connectivity index (χ0n) is 21.1. The number of halogens is 8. The van der Waals surface area contributed by atoms with Gasteiger partial charge in [-0.3, -0.25) is 14.4 Å². The molecule has 0 unspecified atom stereocenters. The smallest absolute Gasteiger partial charge is 0.257 e. The van der Waals surface area contributed by atoms with Gasteiger partial charge in [0.25, 0.3) is 5.91 Å². The second kappa shape index (κ2) is 12.0. The number of hydrogen-bond donors (Lipinski definition) is 3. The molecule has 0 spiro atoms. The van der Waals surface area contributed by atoms with E-state index < -0.39 is 51.2 Å². The number of benzene rings is 3. The quantitative estimate of drug-likeness (QED) is 0.161. The molecule has 14 heteroatoms. The molecule has 2 aliphatic carbocycles. The number of amides is 3. The minimum absolute atomic E-state index is 0. The zero-order valence-corrected chi connectivity index (χ0v) is 25.7. The van der Waals surface area contributed by atoms with E-state index in [1.54, 1.807) is 0 Å². The van der Waals surface area contributed by atoms with E-state index in [9.17, 15) is 18.8 Å². The van der Waals surface area contributed by atoms with Crippen LogP contribution in [-0.4, -0.2) is 22.1 Å². The van der Waals surface area contributed by atoms with Crippen LogP contribution in [0.2, 0.25) is 20.1 Å². The summed E-state index contributed by atoms with van der Waals surface area (Å²) in [6.45, 7) is 0. The van der Waals surface area contributed by atoms with Crippen molar-refractivity contribution < 1.29 is 27.4 Å². The highest BCUT2D eigenvalue weighted by molar-refractivity contribution is 6.54. The Balaban J connectivity index is 0.00000235. The zero-order chi connectivity index (χ0) is 30.5. The van der Waals surface area contributed by atoms with Gasteiger partial charge >= 0.3 is 0 Å². The third-order valence-electron chi connectivity index (χ3n) is 6.95. The molecule has 2 saturated carbocycles. The van der Waals surface area contributed by atoms with Gasteiger partial charge in [-0.15, -0.1) is 23.2 Å². The summed E-state index contributed by atoms with van der Waals surface area (Å²) < 4.78 is 27.9. The summed E-state index contributed by atoms with van der Waals surface area (Å²) in [6.07, 6.45) is 1.93. The predicted molar refractivity (Wildman–Crippen MR) is 169 cm³/mol. The van der Waals surface area contributed by atoms with Gasteiger partial charge in [0.05, 0.1) is 37.3 Å². The second-order valence-electron chi connectivity index (χ2n) is 10.0. The standard InChI is InChI=1S/C28H19Cl6F2N3O3.3H2/c29-15-4-3-13(37-27(42)22-21(28(22,33)34)12-8-16(30)23(32)17(31)9-12)10-14(15)26(41)38-19-6-5-18(35)25(24(19)36)39-20(40)7-11-1-2-11;;;/h3-6,8-11,21-22H,1-2,7H2,(H,37,42)(H,38,41)(H,39,40);3*1H/t21-,22+;;;/m0.../s1. The minimum Gasteiger partial charge on any atom is -0.326 e. The molecule has 0 radical (unpaired) electrons. The topological polar surface area (TPSA) is 87.3 Å². The van der Waals surface area contributed by atoms with Gasteiger partial charge in [0.2, 0.25) is 11.8 Å². The lowest BCUT2D eigenvalue weighted by Crippen LogP contribution is -2.19. The molecule has 3 aromatic carbocycles. The molecule has 3 aromatic rings. The van der Waals surface area contributed by atoms with Gasteiger partial charge in [0.1, 0.15) is 15.8 Å². The summed E-state index contributed by atoms with van der Waals surface area (Å²) in [5, 5.41) is 7.70. The summed E-state index contributed by atoms with van der Waals surface area (Å²) in [5.41, 5.74) is -0.490. The lowest BCUT2D eigenvalue weighted by Gasteiger charge is -2.13. The summed E-state index contributed by atoms with van der Waals surface area (Å²) in [7, 11) is 0. The second-order valence-corrected chi connectivity index (χ2v) is 13.1. The van der Waals surface area contributed by atoms with Crippen molar-refractivity contribution in [3.63, 3.8) is 0 Å². The lowest BCUT2D eigenvalue weighted by molar-refractivity contribution is -0.117.